The molecule has 0 bridgehead atoms. The second-order valence-corrected chi connectivity index (χ2v) is 8.85. The van der Waals surface area contributed by atoms with Crippen LogP contribution in [0.15, 0.2) is 66.7 Å². The number of nitrogens with zero attached hydrogens (tertiary/aromatic N) is 1. The highest BCUT2D eigenvalue weighted by atomic mass is 19.4. The maximum Gasteiger partial charge on any atom is 0.456 e. The standard InChI is InChI=1S/C27H23F5N2O2/c1-25(2,35)21-6-4-3-5-20(21)18-10-13-22-23(15-18)34-24(33-22)14-9-17-7-11-19(12-8-17)36-16-26(28,29)27(30,31)32/h3-15,35H,16H2,1-2H3,(H,33,34)/b14-9+. The molecule has 9 heteroatoms. The predicted molar refractivity (Wildman–Crippen MR) is 129 cm³/mol. The van der Waals surface area contributed by atoms with Gasteiger partial charge in [0, 0.05) is 0 Å². The zero-order chi connectivity index (χ0) is 26.1. The Morgan fingerprint density at radius 3 is 2.28 bits per heavy atom. The summed E-state index contributed by atoms with van der Waals surface area (Å²) in [4.78, 5) is 7.77. The van der Waals surface area contributed by atoms with Gasteiger partial charge in [-0.2, -0.15) is 22.0 Å². The van der Waals surface area contributed by atoms with Crippen molar-refractivity contribution in [3.63, 3.8) is 0 Å². The first kappa shape index (κ1) is 25.4. The SMILES string of the molecule is CC(C)(O)c1ccccc1-c1ccc2[nH]c(/C=C/c3ccc(OCC(F)(F)C(F)(F)F)cc3)nc2c1. The number of H-pyrrole nitrogens is 1. The van der Waals surface area contributed by atoms with Crippen LogP contribution in [0, 0.1) is 0 Å². The van der Waals surface area contributed by atoms with Gasteiger partial charge in [-0.05, 0) is 66.4 Å². The fourth-order valence-electron chi connectivity index (χ4n) is 3.65. The van der Waals surface area contributed by atoms with Crippen molar-refractivity contribution >= 4 is 23.2 Å². The number of ether oxygens (including phenoxy) is 1. The molecule has 0 unspecified atom stereocenters. The molecule has 36 heavy (non-hydrogen) atoms. The number of aliphatic hydroxyl groups is 1. The summed E-state index contributed by atoms with van der Waals surface area (Å²) in [6.45, 7) is 1.68. The molecule has 4 nitrogen and oxygen atoms in total. The van der Waals surface area contributed by atoms with Crippen LogP contribution in [-0.4, -0.2) is 33.8 Å². The Labute approximate surface area is 204 Å². The van der Waals surface area contributed by atoms with Gasteiger partial charge in [-0.3, -0.25) is 0 Å². The Morgan fingerprint density at radius 1 is 0.917 bits per heavy atom. The molecule has 1 aromatic heterocycles. The normalized spacial score (nSPS) is 13.0. The number of halogens is 5. The van der Waals surface area contributed by atoms with Crippen LogP contribution >= 0.6 is 0 Å². The highest BCUT2D eigenvalue weighted by molar-refractivity contribution is 5.84. The zero-order valence-electron chi connectivity index (χ0n) is 19.4. The van der Waals surface area contributed by atoms with E-state index in [-0.39, 0.29) is 5.75 Å². The second kappa shape index (κ2) is 9.39. The molecule has 0 spiro atoms. The molecular weight excluding hydrogens is 479 g/mol. The molecule has 0 radical (unpaired) electrons. The molecule has 0 aliphatic heterocycles. The quantitative estimate of drug-likeness (QED) is 0.263. The van der Waals surface area contributed by atoms with Crippen molar-refractivity contribution in [1.82, 2.24) is 9.97 Å². The highest BCUT2D eigenvalue weighted by Crippen LogP contribution is 2.36. The summed E-state index contributed by atoms with van der Waals surface area (Å²) in [7, 11) is 0. The van der Waals surface area contributed by atoms with Crippen LogP contribution in [-0.2, 0) is 5.60 Å². The average Bonchev–Trinajstić information content (AvgIpc) is 3.23. The molecule has 0 aliphatic carbocycles. The second-order valence-electron chi connectivity index (χ2n) is 8.85. The van der Waals surface area contributed by atoms with E-state index in [0.717, 1.165) is 27.7 Å². The van der Waals surface area contributed by atoms with E-state index < -0.39 is 24.3 Å². The van der Waals surface area contributed by atoms with Gasteiger partial charge in [-0.1, -0.05) is 48.5 Å². The fourth-order valence-corrected chi connectivity index (χ4v) is 3.65. The van der Waals surface area contributed by atoms with E-state index in [1.165, 1.54) is 24.3 Å². The van der Waals surface area contributed by atoms with E-state index >= 15 is 0 Å². The summed E-state index contributed by atoms with van der Waals surface area (Å²) in [5.74, 6) is -4.45. The van der Waals surface area contributed by atoms with E-state index in [0.29, 0.717) is 11.4 Å². The molecule has 188 valence electrons. The topological polar surface area (TPSA) is 58.1 Å². The summed E-state index contributed by atoms with van der Waals surface area (Å²) in [5, 5.41) is 10.5. The minimum absolute atomic E-state index is 0.0984. The number of rotatable bonds is 7. The van der Waals surface area contributed by atoms with Crippen molar-refractivity contribution in [3.8, 4) is 16.9 Å². The number of alkyl halides is 5. The van der Waals surface area contributed by atoms with Crippen molar-refractivity contribution in [3.05, 3.63) is 83.7 Å². The van der Waals surface area contributed by atoms with Crippen LogP contribution in [0.2, 0.25) is 0 Å². The smallest absolute Gasteiger partial charge is 0.456 e. The first-order chi connectivity index (χ1) is 16.8. The number of hydrogen-bond donors (Lipinski definition) is 2. The van der Waals surface area contributed by atoms with E-state index in [4.69, 9.17) is 0 Å². The van der Waals surface area contributed by atoms with Crippen molar-refractivity contribution in [2.75, 3.05) is 6.61 Å². The molecule has 4 rings (SSSR count). The lowest BCUT2D eigenvalue weighted by atomic mass is 9.89. The average molecular weight is 502 g/mol. The lowest BCUT2D eigenvalue weighted by molar-refractivity contribution is -0.290. The fraction of sp³-hybridized carbons (Fsp3) is 0.222. The summed E-state index contributed by atoms with van der Waals surface area (Å²) in [6.07, 6.45) is -2.23. The van der Waals surface area contributed by atoms with Gasteiger partial charge in [0.25, 0.3) is 0 Å². The maximum absolute atomic E-state index is 13.0. The van der Waals surface area contributed by atoms with Gasteiger partial charge in [0.2, 0.25) is 0 Å². The monoisotopic (exact) mass is 502 g/mol. The van der Waals surface area contributed by atoms with E-state index in [2.05, 4.69) is 14.7 Å². The molecule has 0 saturated heterocycles. The molecule has 3 aromatic carbocycles. The van der Waals surface area contributed by atoms with Crippen LogP contribution < -0.4 is 4.74 Å². The third-order valence-corrected chi connectivity index (χ3v) is 5.55. The number of aromatic amines is 1. The van der Waals surface area contributed by atoms with Crippen LogP contribution in [0.1, 0.15) is 30.8 Å². The molecule has 0 aliphatic rings. The molecule has 0 fully saturated rings. The van der Waals surface area contributed by atoms with Crippen LogP contribution in [0.4, 0.5) is 22.0 Å². The van der Waals surface area contributed by atoms with Crippen molar-refractivity contribution in [2.24, 2.45) is 0 Å². The lowest BCUT2D eigenvalue weighted by Gasteiger charge is -2.21. The molecule has 0 atom stereocenters. The number of nitrogens with one attached hydrogen (secondary N) is 1. The number of aromatic nitrogens is 2. The Morgan fingerprint density at radius 2 is 1.61 bits per heavy atom. The Balaban J connectivity index is 1.49. The van der Waals surface area contributed by atoms with Crippen molar-refractivity contribution in [1.29, 1.82) is 0 Å². The van der Waals surface area contributed by atoms with Gasteiger partial charge in [0.15, 0.2) is 6.61 Å². The predicted octanol–water partition coefficient (Wildman–Crippen LogP) is 7.20. The number of hydrogen-bond acceptors (Lipinski definition) is 3. The Bertz CT molecular complexity index is 1380. The Kier molecular flexibility index (Phi) is 6.62. The zero-order valence-corrected chi connectivity index (χ0v) is 19.4. The van der Waals surface area contributed by atoms with Gasteiger partial charge in [0.1, 0.15) is 11.6 Å². The van der Waals surface area contributed by atoms with Crippen LogP contribution in [0.25, 0.3) is 34.3 Å². The van der Waals surface area contributed by atoms with Crippen molar-refractivity contribution < 1.29 is 31.8 Å². The third kappa shape index (κ3) is 5.57. The largest absolute Gasteiger partial charge is 0.487 e. The first-order valence-corrected chi connectivity index (χ1v) is 11.0. The number of benzene rings is 3. The number of imidazole rings is 1. The van der Waals surface area contributed by atoms with E-state index in [9.17, 15) is 27.1 Å². The van der Waals surface area contributed by atoms with Gasteiger partial charge in [-0.25, -0.2) is 4.98 Å². The van der Waals surface area contributed by atoms with Gasteiger partial charge >= 0.3 is 12.1 Å². The summed E-state index contributed by atoms with van der Waals surface area (Å²) in [6, 6.07) is 19.1. The minimum Gasteiger partial charge on any atom is -0.487 e. The highest BCUT2D eigenvalue weighted by Gasteiger charge is 2.58. The van der Waals surface area contributed by atoms with Gasteiger partial charge in [0.05, 0.1) is 16.6 Å². The molecule has 0 saturated carbocycles. The lowest BCUT2D eigenvalue weighted by Crippen LogP contribution is -2.41. The number of fused-ring (bicyclic) bond motifs is 1. The molecule has 0 amide bonds. The van der Waals surface area contributed by atoms with Gasteiger partial charge in [-0.15, -0.1) is 0 Å². The van der Waals surface area contributed by atoms with E-state index in [1.54, 1.807) is 26.0 Å². The maximum atomic E-state index is 13.0. The summed E-state index contributed by atoms with van der Waals surface area (Å²) >= 11 is 0. The first-order valence-electron chi connectivity index (χ1n) is 11.0. The van der Waals surface area contributed by atoms with Crippen LogP contribution in [0.3, 0.4) is 0 Å². The Hall–Kier alpha value is -3.72. The summed E-state index contributed by atoms with van der Waals surface area (Å²) < 4.78 is 67.4. The summed E-state index contributed by atoms with van der Waals surface area (Å²) in [5.41, 5.74) is 3.82. The molecular formula is C27H23F5N2O2. The third-order valence-electron chi connectivity index (χ3n) is 5.55. The van der Waals surface area contributed by atoms with Gasteiger partial charge < -0.3 is 14.8 Å². The molecule has 4 aromatic rings. The van der Waals surface area contributed by atoms with Crippen LogP contribution in [0.5, 0.6) is 5.75 Å². The molecule has 1 heterocycles. The minimum atomic E-state index is -5.66. The molecule has 2 N–H and O–H groups in total. The van der Waals surface area contributed by atoms with Crippen molar-refractivity contribution in [2.45, 2.75) is 31.5 Å². The van der Waals surface area contributed by atoms with E-state index in [1.807, 2.05) is 42.5 Å².